The van der Waals surface area contributed by atoms with E-state index < -0.39 is 0 Å². The second-order valence-electron chi connectivity index (χ2n) is 5.50. The fraction of sp³-hybridized carbons (Fsp3) is 0.438. The molecule has 5 heteroatoms. The van der Waals surface area contributed by atoms with Gasteiger partial charge in [-0.2, -0.15) is 0 Å². The number of hydrogen-bond donors (Lipinski definition) is 0. The van der Waals surface area contributed by atoms with Crippen LogP contribution in [0.1, 0.15) is 38.8 Å². The average molecular weight is 285 g/mol. The predicted molar refractivity (Wildman–Crippen MR) is 78.3 cm³/mol. The first-order valence-electron chi connectivity index (χ1n) is 7.22. The molecule has 3 heterocycles. The minimum atomic E-state index is 0.0442. The zero-order valence-electron chi connectivity index (χ0n) is 12.6. The van der Waals surface area contributed by atoms with Crippen molar-refractivity contribution in [1.82, 2.24) is 14.9 Å². The molecule has 0 N–H and O–H groups in total. The van der Waals surface area contributed by atoms with Gasteiger partial charge in [0.05, 0.1) is 5.56 Å². The summed E-state index contributed by atoms with van der Waals surface area (Å²) in [6.07, 6.45) is 3.19. The molecule has 0 saturated carbocycles. The van der Waals surface area contributed by atoms with Crippen LogP contribution < -0.4 is 0 Å². The highest BCUT2D eigenvalue weighted by molar-refractivity contribution is 5.95. The fourth-order valence-corrected chi connectivity index (χ4v) is 2.91. The molecular formula is C16H19N3O2. The van der Waals surface area contributed by atoms with E-state index in [0.717, 1.165) is 30.0 Å². The molecule has 2 aromatic heterocycles. The third-order valence-electron chi connectivity index (χ3n) is 4.06. The van der Waals surface area contributed by atoms with Crippen LogP contribution in [0, 0.1) is 20.8 Å². The first-order chi connectivity index (χ1) is 10.1. The van der Waals surface area contributed by atoms with E-state index >= 15 is 0 Å². The molecule has 0 atom stereocenters. The highest BCUT2D eigenvalue weighted by Gasteiger charge is 2.24. The van der Waals surface area contributed by atoms with Crippen molar-refractivity contribution in [2.75, 3.05) is 13.1 Å². The second-order valence-corrected chi connectivity index (χ2v) is 5.50. The quantitative estimate of drug-likeness (QED) is 0.806. The van der Waals surface area contributed by atoms with Crippen molar-refractivity contribution in [1.29, 1.82) is 0 Å². The van der Waals surface area contributed by atoms with Gasteiger partial charge in [0.15, 0.2) is 0 Å². The Hall–Kier alpha value is -2.17. The summed E-state index contributed by atoms with van der Waals surface area (Å²) in [4.78, 5) is 23.2. The van der Waals surface area contributed by atoms with Gasteiger partial charge in [0.2, 0.25) is 0 Å². The normalized spacial score (nSPS) is 14.7. The molecule has 0 fully saturated rings. The van der Waals surface area contributed by atoms with Crippen LogP contribution in [-0.2, 0) is 12.8 Å². The first kappa shape index (κ1) is 13.8. The Kier molecular flexibility index (Phi) is 3.49. The smallest absolute Gasteiger partial charge is 0.257 e. The largest absolute Gasteiger partial charge is 0.466 e. The third kappa shape index (κ3) is 2.55. The Morgan fingerprint density at radius 2 is 1.95 bits per heavy atom. The maximum absolute atomic E-state index is 12.7. The molecule has 21 heavy (non-hydrogen) atoms. The van der Waals surface area contributed by atoms with Crippen molar-refractivity contribution < 1.29 is 9.21 Å². The minimum absolute atomic E-state index is 0.0442. The summed E-state index contributed by atoms with van der Waals surface area (Å²) < 4.78 is 5.47. The number of hydrogen-bond acceptors (Lipinski definition) is 4. The highest BCUT2D eigenvalue weighted by Crippen LogP contribution is 2.20. The minimum Gasteiger partial charge on any atom is -0.466 e. The average Bonchev–Trinajstić information content (AvgIpc) is 2.67. The lowest BCUT2D eigenvalue weighted by atomic mass is 10.1. The van der Waals surface area contributed by atoms with E-state index in [4.69, 9.17) is 4.42 Å². The monoisotopic (exact) mass is 285 g/mol. The number of rotatable bonds is 1. The van der Waals surface area contributed by atoms with Crippen molar-refractivity contribution in [2.45, 2.75) is 33.6 Å². The summed E-state index contributed by atoms with van der Waals surface area (Å²) in [5.74, 6) is 1.51. The number of aromatic nitrogens is 2. The van der Waals surface area contributed by atoms with Crippen molar-refractivity contribution in [2.24, 2.45) is 0 Å². The molecule has 0 aliphatic carbocycles. The van der Waals surface area contributed by atoms with Crippen LogP contribution in [-0.4, -0.2) is 33.9 Å². The SMILES string of the molecule is Cc1cc(C(=O)N2CCc3ncnc(C)c3CC2)c(C)o1. The fourth-order valence-electron chi connectivity index (χ4n) is 2.91. The Balaban J connectivity index is 1.82. The molecule has 0 bridgehead atoms. The molecule has 3 rings (SSSR count). The number of nitrogens with zero attached hydrogens (tertiary/aromatic N) is 3. The van der Waals surface area contributed by atoms with Gasteiger partial charge in [-0.05, 0) is 38.8 Å². The van der Waals surface area contributed by atoms with Gasteiger partial charge in [0, 0.05) is 30.9 Å². The van der Waals surface area contributed by atoms with Gasteiger partial charge in [-0.3, -0.25) is 4.79 Å². The third-order valence-corrected chi connectivity index (χ3v) is 4.06. The van der Waals surface area contributed by atoms with E-state index in [1.54, 1.807) is 6.33 Å². The van der Waals surface area contributed by atoms with Gasteiger partial charge in [0.25, 0.3) is 5.91 Å². The van der Waals surface area contributed by atoms with Crippen LogP contribution in [0.25, 0.3) is 0 Å². The van der Waals surface area contributed by atoms with E-state index in [-0.39, 0.29) is 5.91 Å². The van der Waals surface area contributed by atoms with E-state index in [2.05, 4.69) is 9.97 Å². The van der Waals surface area contributed by atoms with Crippen molar-refractivity contribution >= 4 is 5.91 Å². The molecule has 0 spiro atoms. The van der Waals surface area contributed by atoms with Crippen LogP contribution in [0.5, 0.6) is 0 Å². The number of amides is 1. The molecule has 1 aliphatic heterocycles. The zero-order chi connectivity index (χ0) is 15.0. The van der Waals surface area contributed by atoms with E-state index in [0.29, 0.717) is 24.4 Å². The van der Waals surface area contributed by atoms with Gasteiger partial charge in [-0.25, -0.2) is 9.97 Å². The maximum atomic E-state index is 12.7. The predicted octanol–water partition coefficient (Wildman–Crippen LogP) is 2.24. The van der Waals surface area contributed by atoms with Crippen molar-refractivity contribution in [3.8, 4) is 0 Å². The number of carbonyl (C=O) groups is 1. The van der Waals surface area contributed by atoms with Gasteiger partial charge < -0.3 is 9.32 Å². The van der Waals surface area contributed by atoms with Gasteiger partial charge in [-0.1, -0.05) is 0 Å². The number of furan rings is 1. The molecule has 1 amide bonds. The van der Waals surface area contributed by atoms with E-state index in [9.17, 15) is 4.79 Å². The number of carbonyl (C=O) groups excluding carboxylic acids is 1. The highest BCUT2D eigenvalue weighted by atomic mass is 16.3. The molecule has 0 unspecified atom stereocenters. The van der Waals surface area contributed by atoms with Crippen LogP contribution in [0.2, 0.25) is 0 Å². The Morgan fingerprint density at radius 1 is 1.19 bits per heavy atom. The van der Waals surface area contributed by atoms with Crippen LogP contribution in [0.15, 0.2) is 16.8 Å². The molecular weight excluding hydrogens is 266 g/mol. The summed E-state index contributed by atoms with van der Waals surface area (Å²) in [6.45, 7) is 7.08. The summed E-state index contributed by atoms with van der Waals surface area (Å²) in [5.41, 5.74) is 3.94. The van der Waals surface area contributed by atoms with Gasteiger partial charge in [0.1, 0.15) is 17.8 Å². The Labute approximate surface area is 124 Å². The van der Waals surface area contributed by atoms with Gasteiger partial charge >= 0.3 is 0 Å². The van der Waals surface area contributed by atoms with E-state index in [1.807, 2.05) is 31.7 Å². The summed E-state index contributed by atoms with van der Waals surface area (Å²) >= 11 is 0. The van der Waals surface area contributed by atoms with Crippen LogP contribution in [0.4, 0.5) is 0 Å². The van der Waals surface area contributed by atoms with Gasteiger partial charge in [-0.15, -0.1) is 0 Å². The van der Waals surface area contributed by atoms with Crippen molar-refractivity contribution in [3.05, 3.63) is 46.4 Å². The van der Waals surface area contributed by atoms with Crippen LogP contribution in [0.3, 0.4) is 0 Å². The lowest BCUT2D eigenvalue weighted by Gasteiger charge is -2.19. The number of fused-ring (bicyclic) bond motifs is 1. The van der Waals surface area contributed by atoms with Crippen molar-refractivity contribution in [3.63, 3.8) is 0 Å². The lowest BCUT2D eigenvalue weighted by Crippen LogP contribution is -2.33. The number of aryl methyl sites for hydroxylation is 3. The Bertz CT molecular complexity index is 691. The van der Waals surface area contributed by atoms with Crippen LogP contribution >= 0.6 is 0 Å². The first-order valence-corrected chi connectivity index (χ1v) is 7.22. The maximum Gasteiger partial charge on any atom is 0.257 e. The molecule has 0 radical (unpaired) electrons. The summed E-state index contributed by atoms with van der Waals surface area (Å²) in [7, 11) is 0. The summed E-state index contributed by atoms with van der Waals surface area (Å²) in [5, 5.41) is 0. The molecule has 110 valence electrons. The zero-order valence-corrected chi connectivity index (χ0v) is 12.6. The summed E-state index contributed by atoms with van der Waals surface area (Å²) in [6, 6.07) is 1.82. The standard InChI is InChI=1S/C16H19N3O2/c1-10-8-14(12(3)21-10)16(20)19-6-4-13-11(2)17-9-18-15(13)5-7-19/h8-9H,4-7H2,1-3H3. The topological polar surface area (TPSA) is 59.2 Å². The Morgan fingerprint density at radius 3 is 2.67 bits per heavy atom. The molecule has 0 aromatic carbocycles. The molecule has 5 nitrogen and oxygen atoms in total. The molecule has 0 saturated heterocycles. The lowest BCUT2D eigenvalue weighted by molar-refractivity contribution is 0.0761. The van der Waals surface area contributed by atoms with E-state index in [1.165, 1.54) is 5.56 Å². The molecule has 1 aliphatic rings. The molecule has 2 aromatic rings. The second kappa shape index (κ2) is 5.31.